The molecule has 1 aliphatic carbocycles. The molecule has 5 aromatic carbocycles. The van der Waals surface area contributed by atoms with Gasteiger partial charge in [-0.05, 0) is 77.7 Å². The smallest absolute Gasteiger partial charge is 0.114 e. The molecule has 0 fully saturated rings. The predicted molar refractivity (Wildman–Crippen MR) is 172 cm³/mol. The lowest BCUT2D eigenvalue weighted by atomic mass is 9.93. The fourth-order valence-electron chi connectivity index (χ4n) is 6.48. The number of aromatic nitrogens is 1. The molecule has 2 atom stereocenters. The van der Waals surface area contributed by atoms with Crippen molar-refractivity contribution in [3.8, 4) is 28.7 Å². The third-order valence-electron chi connectivity index (χ3n) is 8.43. The van der Waals surface area contributed by atoms with Crippen molar-refractivity contribution in [2.75, 3.05) is 4.90 Å². The van der Waals surface area contributed by atoms with Gasteiger partial charge in [-0.1, -0.05) is 103 Å². The van der Waals surface area contributed by atoms with Gasteiger partial charge < -0.3 is 9.47 Å². The molecule has 2 aliphatic rings. The van der Waals surface area contributed by atoms with Gasteiger partial charge >= 0.3 is 0 Å². The predicted octanol–water partition coefficient (Wildman–Crippen LogP) is 9.49. The average molecular weight is 525 g/mol. The summed E-state index contributed by atoms with van der Waals surface area (Å²) in [5, 5.41) is 2.56. The van der Waals surface area contributed by atoms with Gasteiger partial charge in [0.2, 0.25) is 0 Å². The van der Waals surface area contributed by atoms with Crippen LogP contribution in [0.5, 0.6) is 0 Å². The number of para-hydroxylation sites is 2. The molecule has 2 unspecified atom stereocenters. The van der Waals surface area contributed by atoms with E-state index in [9.17, 15) is 0 Å². The van der Waals surface area contributed by atoms with Gasteiger partial charge in [0.15, 0.2) is 0 Å². The van der Waals surface area contributed by atoms with E-state index in [2.05, 4.69) is 168 Å². The maximum Gasteiger partial charge on any atom is 0.114 e. The first-order valence-electron chi connectivity index (χ1n) is 14.2. The SMILES string of the molecule is Cc1cccc2c1C1C#CC(/C=C\C=C1)N2c1ccc(-c2ccc(-n3c4ccccc4c4ccccc43)cc2)cc1. The fourth-order valence-corrected chi connectivity index (χ4v) is 6.48. The van der Waals surface area contributed by atoms with Crippen LogP contribution in [0.2, 0.25) is 0 Å². The maximum atomic E-state index is 3.53. The van der Waals surface area contributed by atoms with Gasteiger partial charge in [-0.2, -0.15) is 0 Å². The number of aryl methyl sites for hydroxylation is 1. The summed E-state index contributed by atoms with van der Waals surface area (Å²) in [7, 11) is 0. The van der Waals surface area contributed by atoms with E-state index in [4.69, 9.17) is 0 Å². The Morgan fingerprint density at radius 2 is 1.17 bits per heavy atom. The standard InChI is InChI=1S/C39H28N2/c1-27-9-8-16-38-39(27)30-10-2-3-11-31(26-21-30)40(38)32-22-17-28(18-23-32)29-19-24-33(25-20-29)41-36-14-6-4-12-34(36)35-13-5-7-15-37(35)41/h2-20,22-25,30-31H,1H3/b10-2?,11-3-. The molecule has 0 spiro atoms. The number of benzene rings is 5. The zero-order chi connectivity index (χ0) is 27.3. The Balaban J connectivity index is 1.16. The largest absolute Gasteiger partial charge is 0.323 e. The summed E-state index contributed by atoms with van der Waals surface area (Å²) < 4.78 is 2.36. The third kappa shape index (κ3) is 3.82. The Morgan fingerprint density at radius 3 is 1.85 bits per heavy atom. The fraction of sp³-hybridized carbons (Fsp3) is 0.0769. The van der Waals surface area contributed by atoms with Crippen molar-refractivity contribution in [1.29, 1.82) is 0 Å². The molecule has 2 bridgehead atoms. The summed E-state index contributed by atoms with van der Waals surface area (Å²) in [4.78, 5) is 2.38. The summed E-state index contributed by atoms with van der Waals surface area (Å²) in [6, 6.07) is 41.7. The zero-order valence-corrected chi connectivity index (χ0v) is 22.8. The van der Waals surface area contributed by atoms with E-state index in [1.165, 1.54) is 55.4 Å². The highest BCUT2D eigenvalue weighted by atomic mass is 15.2. The van der Waals surface area contributed by atoms with Crippen LogP contribution in [0.15, 0.2) is 140 Å². The highest BCUT2D eigenvalue weighted by Crippen LogP contribution is 2.40. The second kappa shape index (κ2) is 9.44. The van der Waals surface area contributed by atoms with Crippen LogP contribution in [0.4, 0.5) is 11.4 Å². The highest BCUT2D eigenvalue weighted by Gasteiger charge is 2.26. The van der Waals surface area contributed by atoms with Crippen LogP contribution in [-0.2, 0) is 0 Å². The van der Waals surface area contributed by atoms with E-state index in [-0.39, 0.29) is 12.0 Å². The van der Waals surface area contributed by atoms with Gasteiger partial charge in [0.1, 0.15) is 6.04 Å². The number of hydrogen-bond donors (Lipinski definition) is 0. The van der Waals surface area contributed by atoms with E-state index >= 15 is 0 Å². The topological polar surface area (TPSA) is 8.17 Å². The Kier molecular flexibility index (Phi) is 5.43. The van der Waals surface area contributed by atoms with Gasteiger partial charge in [0, 0.05) is 27.8 Å². The van der Waals surface area contributed by atoms with Crippen LogP contribution in [0.1, 0.15) is 17.0 Å². The van der Waals surface area contributed by atoms with Crippen molar-refractivity contribution in [3.05, 3.63) is 151 Å². The van der Waals surface area contributed by atoms with Crippen molar-refractivity contribution >= 4 is 33.2 Å². The number of hydrogen-bond acceptors (Lipinski definition) is 1. The summed E-state index contributed by atoms with van der Waals surface area (Å²) >= 11 is 0. The molecular weight excluding hydrogens is 496 g/mol. The minimum atomic E-state index is -0.0122. The summed E-state index contributed by atoms with van der Waals surface area (Å²) in [6.07, 6.45) is 8.67. The van der Waals surface area contributed by atoms with Crippen molar-refractivity contribution in [2.24, 2.45) is 0 Å². The first-order chi connectivity index (χ1) is 20.3. The molecule has 2 heteroatoms. The number of nitrogens with zero attached hydrogens (tertiary/aromatic N) is 2. The lowest BCUT2D eigenvalue weighted by Gasteiger charge is -2.30. The molecule has 0 amide bonds. The molecule has 41 heavy (non-hydrogen) atoms. The highest BCUT2D eigenvalue weighted by molar-refractivity contribution is 6.09. The quantitative estimate of drug-likeness (QED) is 0.209. The molecule has 194 valence electrons. The summed E-state index contributed by atoms with van der Waals surface area (Å²) in [6.45, 7) is 2.19. The number of rotatable bonds is 3. The van der Waals surface area contributed by atoms with Gasteiger partial charge in [-0.15, -0.1) is 0 Å². The van der Waals surface area contributed by atoms with Crippen LogP contribution >= 0.6 is 0 Å². The van der Waals surface area contributed by atoms with Gasteiger partial charge in [0.25, 0.3) is 0 Å². The average Bonchev–Trinajstić information content (AvgIpc) is 3.28. The van der Waals surface area contributed by atoms with E-state index in [0.29, 0.717) is 0 Å². The second-order valence-electron chi connectivity index (χ2n) is 10.8. The molecule has 0 radical (unpaired) electrons. The Morgan fingerprint density at radius 1 is 0.561 bits per heavy atom. The Labute approximate surface area is 240 Å². The minimum Gasteiger partial charge on any atom is -0.323 e. The molecule has 2 heterocycles. The Hall–Kier alpha value is -5.26. The van der Waals surface area contributed by atoms with E-state index in [0.717, 1.165) is 5.69 Å². The van der Waals surface area contributed by atoms with Gasteiger partial charge in [-0.3, -0.25) is 0 Å². The van der Waals surface area contributed by atoms with Crippen molar-refractivity contribution in [1.82, 2.24) is 4.57 Å². The molecule has 0 saturated carbocycles. The molecule has 0 saturated heterocycles. The van der Waals surface area contributed by atoms with E-state index < -0.39 is 0 Å². The molecule has 2 nitrogen and oxygen atoms in total. The van der Waals surface area contributed by atoms with Gasteiger partial charge in [-0.25, -0.2) is 0 Å². The second-order valence-corrected chi connectivity index (χ2v) is 10.8. The van der Waals surface area contributed by atoms with Gasteiger partial charge in [0.05, 0.1) is 17.0 Å². The third-order valence-corrected chi connectivity index (χ3v) is 8.43. The number of allylic oxidation sites excluding steroid dienone is 3. The summed E-state index contributed by atoms with van der Waals surface area (Å²) in [5.74, 6) is 7.17. The van der Waals surface area contributed by atoms with Crippen LogP contribution in [0, 0.1) is 18.8 Å². The molecule has 6 aromatic rings. The number of anilines is 2. The maximum absolute atomic E-state index is 3.53. The van der Waals surface area contributed by atoms with Crippen molar-refractivity contribution in [2.45, 2.75) is 18.9 Å². The molecule has 0 N–H and O–H groups in total. The minimum absolute atomic E-state index is 0.0122. The monoisotopic (exact) mass is 524 g/mol. The lowest BCUT2D eigenvalue weighted by Crippen LogP contribution is -2.28. The molecular formula is C39H28N2. The normalized spacial score (nSPS) is 17.9. The lowest BCUT2D eigenvalue weighted by molar-refractivity contribution is 0.964. The van der Waals surface area contributed by atoms with E-state index in [1.54, 1.807) is 0 Å². The zero-order valence-electron chi connectivity index (χ0n) is 22.8. The van der Waals surface area contributed by atoms with Crippen LogP contribution < -0.4 is 4.90 Å². The first kappa shape index (κ1) is 23.6. The van der Waals surface area contributed by atoms with Crippen molar-refractivity contribution < 1.29 is 0 Å². The number of fused-ring (bicyclic) bond motifs is 7. The first-order valence-corrected chi connectivity index (χ1v) is 14.2. The van der Waals surface area contributed by atoms with Crippen molar-refractivity contribution in [3.63, 3.8) is 0 Å². The van der Waals surface area contributed by atoms with Crippen LogP contribution in [-0.4, -0.2) is 10.6 Å². The van der Waals surface area contributed by atoms with Crippen LogP contribution in [0.25, 0.3) is 38.6 Å². The summed E-state index contributed by atoms with van der Waals surface area (Å²) in [5.41, 5.74) is 11.0. The van der Waals surface area contributed by atoms with E-state index in [1.807, 2.05) is 0 Å². The van der Waals surface area contributed by atoms with Crippen LogP contribution in [0.3, 0.4) is 0 Å². The Bertz CT molecular complexity index is 2010. The molecule has 1 aliphatic heterocycles. The molecule has 1 aromatic heterocycles. The molecule has 8 rings (SSSR count).